The summed E-state index contributed by atoms with van der Waals surface area (Å²) < 4.78 is 13.2. The van der Waals surface area contributed by atoms with E-state index in [0.717, 1.165) is 21.0 Å². The first kappa shape index (κ1) is 13.9. The van der Waals surface area contributed by atoms with Gasteiger partial charge >= 0.3 is 0 Å². The van der Waals surface area contributed by atoms with Gasteiger partial charge in [-0.15, -0.1) is 11.3 Å². The Labute approximate surface area is 125 Å². The van der Waals surface area contributed by atoms with Crippen LogP contribution in [0.4, 0.5) is 4.39 Å². The molecule has 0 aliphatic rings. The zero-order valence-electron chi connectivity index (χ0n) is 11.3. The van der Waals surface area contributed by atoms with Gasteiger partial charge in [0.2, 0.25) is 0 Å². The number of hydrogen-bond donors (Lipinski definition) is 1. The van der Waals surface area contributed by atoms with Crippen molar-refractivity contribution < 1.29 is 9.50 Å². The monoisotopic (exact) mass is 300 g/mol. The minimum atomic E-state index is -0.509. The highest BCUT2D eigenvalue weighted by molar-refractivity contribution is 7.18. The maximum atomic E-state index is 13.2. The summed E-state index contributed by atoms with van der Waals surface area (Å²) in [5, 5.41) is 10.4. The van der Waals surface area contributed by atoms with Gasteiger partial charge in [0.25, 0.3) is 0 Å². The summed E-state index contributed by atoms with van der Waals surface area (Å²) in [5.74, 6) is -0.375. The summed E-state index contributed by atoms with van der Waals surface area (Å²) in [6, 6.07) is 9.10. The topological polar surface area (TPSA) is 46.0 Å². The summed E-state index contributed by atoms with van der Waals surface area (Å²) in [4.78, 5) is 9.14. The van der Waals surface area contributed by atoms with Crippen molar-refractivity contribution in [2.24, 2.45) is 0 Å². The first-order valence-corrected chi connectivity index (χ1v) is 7.30. The van der Waals surface area contributed by atoms with E-state index in [0.29, 0.717) is 5.56 Å². The Bertz CT molecular complexity index is 770. The molecule has 3 nitrogen and oxygen atoms in total. The van der Waals surface area contributed by atoms with E-state index >= 15 is 0 Å². The molecule has 0 spiro atoms. The molecule has 3 rings (SSSR count). The fourth-order valence-electron chi connectivity index (χ4n) is 2.02. The molecule has 1 unspecified atom stereocenters. The van der Waals surface area contributed by atoms with Crippen LogP contribution < -0.4 is 0 Å². The van der Waals surface area contributed by atoms with Crippen LogP contribution in [0.25, 0.3) is 21.0 Å². The van der Waals surface area contributed by atoms with Crippen LogP contribution in [0, 0.1) is 5.82 Å². The van der Waals surface area contributed by atoms with Crippen LogP contribution in [-0.2, 0) is 0 Å². The summed E-state index contributed by atoms with van der Waals surface area (Å²) in [7, 11) is 0. The van der Waals surface area contributed by atoms with Gasteiger partial charge < -0.3 is 5.11 Å². The molecule has 5 heteroatoms. The number of rotatable bonds is 3. The second kappa shape index (κ2) is 5.71. The molecule has 106 valence electrons. The largest absolute Gasteiger partial charge is 0.389 e. The molecule has 0 fully saturated rings. The third-order valence-corrected chi connectivity index (χ3v) is 4.21. The minimum Gasteiger partial charge on any atom is -0.389 e. The highest BCUT2D eigenvalue weighted by Gasteiger charge is 2.09. The lowest BCUT2D eigenvalue weighted by Gasteiger charge is -2.05. The molecule has 0 radical (unpaired) electrons. The van der Waals surface area contributed by atoms with Crippen LogP contribution in [0.1, 0.15) is 18.6 Å². The highest BCUT2D eigenvalue weighted by atomic mass is 32.1. The van der Waals surface area contributed by atoms with Crippen molar-refractivity contribution in [2.75, 3.05) is 0 Å². The summed E-state index contributed by atoms with van der Waals surface area (Å²) in [6.45, 7) is 1.73. The lowest BCUT2D eigenvalue weighted by Crippen LogP contribution is -1.90. The number of benzene rings is 1. The number of aliphatic hydroxyl groups is 1. The molecule has 1 aromatic carbocycles. The van der Waals surface area contributed by atoms with Gasteiger partial charge in [0.1, 0.15) is 10.8 Å². The molecule has 0 aliphatic heterocycles. The minimum absolute atomic E-state index is 0.375. The molecule has 21 heavy (non-hydrogen) atoms. The fraction of sp³-hybridized carbons (Fsp3) is 0.125. The third-order valence-electron chi connectivity index (χ3n) is 3.11. The van der Waals surface area contributed by atoms with Gasteiger partial charge in [0.15, 0.2) is 0 Å². The van der Waals surface area contributed by atoms with Crippen LogP contribution in [0.3, 0.4) is 0 Å². The Balaban J connectivity index is 1.97. The number of hydrogen-bond acceptors (Lipinski definition) is 4. The van der Waals surface area contributed by atoms with Gasteiger partial charge in [-0.2, -0.15) is 0 Å². The smallest absolute Gasteiger partial charge is 0.142 e. The quantitative estimate of drug-likeness (QED) is 0.793. The van der Waals surface area contributed by atoms with E-state index in [1.54, 1.807) is 19.3 Å². The molecular weight excluding hydrogens is 287 g/mol. The lowest BCUT2D eigenvalue weighted by molar-refractivity contribution is 0.199. The van der Waals surface area contributed by atoms with Crippen molar-refractivity contribution in [3.63, 3.8) is 0 Å². The van der Waals surface area contributed by atoms with Gasteiger partial charge in [-0.25, -0.2) is 9.37 Å². The summed E-state index contributed by atoms with van der Waals surface area (Å²) in [6.07, 6.45) is 4.01. The van der Waals surface area contributed by atoms with E-state index in [4.69, 9.17) is 0 Å². The van der Waals surface area contributed by atoms with Crippen molar-refractivity contribution in [3.05, 3.63) is 60.3 Å². The average Bonchev–Trinajstić information content (AvgIpc) is 2.97. The molecule has 2 aromatic heterocycles. The zero-order valence-corrected chi connectivity index (χ0v) is 12.1. The molecule has 0 saturated heterocycles. The van der Waals surface area contributed by atoms with Gasteiger partial charge in [-0.05, 0) is 30.2 Å². The van der Waals surface area contributed by atoms with Crippen molar-refractivity contribution in [2.45, 2.75) is 13.0 Å². The van der Waals surface area contributed by atoms with Crippen LogP contribution in [-0.4, -0.2) is 15.1 Å². The molecule has 0 amide bonds. The number of aromatic nitrogens is 2. The number of thiazole rings is 1. The van der Waals surface area contributed by atoms with E-state index in [9.17, 15) is 9.50 Å². The Morgan fingerprint density at radius 3 is 2.76 bits per heavy atom. The van der Waals surface area contributed by atoms with Crippen LogP contribution in [0.15, 0.2) is 48.9 Å². The van der Waals surface area contributed by atoms with Crippen molar-refractivity contribution >= 4 is 11.3 Å². The first-order valence-electron chi connectivity index (χ1n) is 6.48. The van der Waals surface area contributed by atoms with E-state index in [1.165, 1.54) is 23.6 Å². The predicted octanol–water partition coefficient (Wildman–Crippen LogP) is 4.06. The number of nitrogens with zero attached hydrogens (tertiary/aromatic N) is 2. The van der Waals surface area contributed by atoms with Crippen molar-refractivity contribution in [1.82, 2.24) is 9.97 Å². The average molecular weight is 300 g/mol. The number of pyridine rings is 1. The lowest BCUT2D eigenvalue weighted by atomic mass is 10.1. The Morgan fingerprint density at radius 1 is 1.14 bits per heavy atom. The Kier molecular flexibility index (Phi) is 3.77. The van der Waals surface area contributed by atoms with Crippen molar-refractivity contribution in [3.8, 4) is 21.0 Å². The number of halogens is 1. The Hall–Kier alpha value is -2.11. The third kappa shape index (κ3) is 2.99. The van der Waals surface area contributed by atoms with Gasteiger partial charge in [0.05, 0.1) is 17.2 Å². The van der Waals surface area contributed by atoms with E-state index in [1.807, 2.05) is 24.3 Å². The second-order valence-corrected chi connectivity index (χ2v) is 5.75. The van der Waals surface area contributed by atoms with E-state index < -0.39 is 6.10 Å². The SMILES string of the molecule is CC(O)c1cccc(-c2cnc(-c3cncc(F)c3)s2)c1. The van der Waals surface area contributed by atoms with E-state index in [-0.39, 0.29) is 5.82 Å². The predicted molar refractivity (Wildman–Crippen MR) is 81.4 cm³/mol. The maximum Gasteiger partial charge on any atom is 0.142 e. The molecule has 0 saturated carbocycles. The molecule has 1 N–H and O–H groups in total. The normalized spacial score (nSPS) is 12.3. The maximum absolute atomic E-state index is 13.2. The number of aliphatic hydroxyl groups excluding tert-OH is 1. The fourth-order valence-corrected chi connectivity index (χ4v) is 2.92. The highest BCUT2D eigenvalue weighted by Crippen LogP contribution is 2.32. The molecular formula is C16H13FN2OS. The van der Waals surface area contributed by atoms with Crippen LogP contribution in [0.2, 0.25) is 0 Å². The van der Waals surface area contributed by atoms with E-state index in [2.05, 4.69) is 9.97 Å². The first-order chi connectivity index (χ1) is 10.1. The second-order valence-electron chi connectivity index (χ2n) is 4.72. The van der Waals surface area contributed by atoms with Gasteiger partial charge in [-0.3, -0.25) is 4.98 Å². The van der Waals surface area contributed by atoms with Crippen molar-refractivity contribution in [1.29, 1.82) is 0 Å². The Morgan fingerprint density at radius 2 is 2.00 bits per heavy atom. The molecule has 0 aliphatic carbocycles. The summed E-state index contributed by atoms with van der Waals surface area (Å²) >= 11 is 1.47. The molecule has 2 heterocycles. The molecule has 1 atom stereocenters. The molecule has 0 bridgehead atoms. The van der Waals surface area contributed by atoms with Gasteiger partial charge in [-0.1, -0.05) is 18.2 Å². The van der Waals surface area contributed by atoms with Gasteiger partial charge in [0, 0.05) is 18.0 Å². The van der Waals surface area contributed by atoms with Crippen LogP contribution in [0.5, 0.6) is 0 Å². The standard InChI is InChI=1S/C16H13FN2OS/c1-10(20)11-3-2-4-12(5-11)15-9-19-16(21-15)13-6-14(17)8-18-7-13/h2-10,20H,1H3. The zero-order chi connectivity index (χ0) is 14.8. The summed E-state index contributed by atoms with van der Waals surface area (Å²) in [5.41, 5.74) is 2.51. The van der Waals surface area contributed by atoms with Crippen LogP contribution >= 0.6 is 11.3 Å². The molecule has 3 aromatic rings.